The van der Waals surface area contributed by atoms with Gasteiger partial charge in [0, 0.05) is 67.1 Å². The Labute approximate surface area is 282 Å². The van der Waals surface area contributed by atoms with Crippen molar-refractivity contribution in [3.8, 4) is 0 Å². The molecule has 0 spiro atoms. The van der Waals surface area contributed by atoms with E-state index in [0.29, 0.717) is 39.6 Å². The zero-order valence-electron chi connectivity index (χ0n) is 25.9. The van der Waals surface area contributed by atoms with E-state index in [0.717, 1.165) is 32.3 Å². The van der Waals surface area contributed by atoms with Crippen molar-refractivity contribution >= 4 is 68.4 Å². The zero-order valence-corrected chi connectivity index (χ0v) is 27.5. The molecule has 0 fully saturated rings. The lowest BCUT2D eigenvalue weighted by Crippen LogP contribution is -2.17. The van der Waals surface area contributed by atoms with Crippen LogP contribution < -0.4 is 0 Å². The molecular formula is C39H31ClN2O4S. The normalized spacial score (nSPS) is 11.6. The number of rotatable bonds is 11. The number of ketones is 2. The van der Waals surface area contributed by atoms with E-state index in [4.69, 9.17) is 16.4 Å². The minimum absolute atomic E-state index is 0.0533. The second kappa shape index (κ2) is 14.2. The molecule has 0 radical (unpaired) electrons. The van der Waals surface area contributed by atoms with Gasteiger partial charge in [0.2, 0.25) is 5.78 Å². The van der Waals surface area contributed by atoms with Crippen LogP contribution in [-0.4, -0.2) is 33.6 Å². The Morgan fingerprint density at radius 1 is 0.766 bits per heavy atom. The number of aromatic nitrogens is 1. The van der Waals surface area contributed by atoms with Crippen LogP contribution in [-0.2, 0) is 11.4 Å². The molecule has 5 aromatic carbocycles. The van der Waals surface area contributed by atoms with Crippen LogP contribution in [0.25, 0.3) is 21.8 Å². The number of aryl methyl sites for hydroxylation is 2. The summed E-state index contributed by atoms with van der Waals surface area (Å²) in [6.07, 6.45) is 0.262. The number of hydrogen-bond acceptors (Lipinski definition) is 6. The SMILES string of the molecule is CCn1c2ccc(C(=O)/C(CCSc3ccc(Cl)cc3)=N/OC(=O)c3ccccc3)cc2c2cc(C(=O)c3ccccc3C)ccc21. The summed E-state index contributed by atoms with van der Waals surface area (Å²) in [6, 6.07) is 34.8. The van der Waals surface area contributed by atoms with Crippen molar-refractivity contribution in [2.75, 3.05) is 5.75 Å². The summed E-state index contributed by atoms with van der Waals surface area (Å²) in [5, 5.41) is 6.47. The van der Waals surface area contributed by atoms with E-state index >= 15 is 0 Å². The van der Waals surface area contributed by atoms with Crippen LogP contribution in [0.5, 0.6) is 0 Å². The molecule has 47 heavy (non-hydrogen) atoms. The summed E-state index contributed by atoms with van der Waals surface area (Å²) in [7, 11) is 0. The standard InChI is InChI=1S/C39H31ClN2O4S/c1-3-42-35-19-13-27(37(43)31-12-8-7-9-25(31)2)23-32(35)33-24-28(14-20-36(33)42)38(44)34(21-22-47-30-17-15-29(40)16-18-30)41-46-39(45)26-10-5-4-6-11-26/h4-20,23-24H,3,21-22H2,1-2H3/b41-34+. The van der Waals surface area contributed by atoms with Gasteiger partial charge in [-0.2, -0.15) is 0 Å². The minimum Gasteiger partial charge on any atom is -0.341 e. The number of Topliss-reactive ketones (excluding diaryl/α,β-unsaturated/α-hetero) is 1. The molecule has 0 amide bonds. The van der Waals surface area contributed by atoms with E-state index in [2.05, 4.69) is 16.6 Å². The van der Waals surface area contributed by atoms with Gasteiger partial charge in [0.05, 0.1) is 5.56 Å². The fourth-order valence-corrected chi connectivity index (χ4v) is 6.58. The first-order chi connectivity index (χ1) is 22.8. The molecule has 6 nitrogen and oxygen atoms in total. The molecule has 0 aliphatic carbocycles. The summed E-state index contributed by atoms with van der Waals surface area (Å²) in [6.45, 7) is 4.70. The second-order valence-corrected chi connectivity index (χ2v) is 12.6. The highest BCUT2D eigenvalue weighted by Gasteiger charge is 2.20. The maximum atomic E-state index is 14.0. The number of carbonyl (C=O) groups is 3. The number of thioether (sulfide) groups is 1. The average Bonchev–Trinajstić information content (AvgIpc) is 3.42. The van der Waals surface area contributed by atoms with Gasteiger partial charge in [0.25, 0.3) is 0 Å². The maximum Gasteiger partial charge on any atom is 0.365 e. The molecule has 0 saturated carbocycles. The highest BCUT2D eigenvalue weighted by atomic mass is 35.5. The lowest BCUT2D eigenvalue weighted by molar-refractivity contribution is 0.0514. The average molecular weight is 659 g/mol. The van der Waals surface area contributed by atoms with Gasteiger partial charge in [-0.1, -0.05) is 59.2 Å². The molecule has 234 valence electrons. The van der Waals surface area contributed by atoms with Crippen molar-refractivity contribution in [1.82, 2.24) is 4.57 Å². The molecule has 6 aromatic rings. The fraction of sp³-hybridized carbons (Fsp3) is 0.128. The number of hydrogen-bond donors (Lipinski definition) is 0. The highest BCUT2D eigenvalue weighted by molar-refractivity contribution is 7.99. The lowest BCUT2D eigenvalue weighted by Gasteiger charge is -2.08. The quantitative estimate of drug-likeness (QED) is 0.0455. The Morgan fingerprint density at radius 3 is 2.09 bits per heavy atom. The van der Waals surface area contributed by atoms with Gasteiger partial charge >= 0.3 is 5.97 Å². The van der Waals surface area contributed by atoms with Gasteiger partial charge in [-0.05, 0) is 92.2 Å². The predicted molar refractivity (Wildman–Crippen MR) is 190 cm³/mol. The number of carbonyl (C=O) groups excluding carboxylic acids is 3. The number of benzene rings is 5. The number of fused-ring (bicyclic) bond motifs is 3. The minimum atomic E-state index is -0.645. The molecule has 0 saturated heterocycles. The van der Waals surface area contributed by atoms with Crippen LogP contribution in [0.2, 0.25) is 5.02 Å². The van der Waals surface area contributed by atoms with Crippen molar-refractivity contribution in [1.29, 1.82) is 0 Å². The molecule has 0 bridgehead atoms. The van der Waals surface area contributed by atoms with Gasteiger partial charge in [-0.15, -0.1) is 11.8 Å². The van der Waals surface area contributed by atoms with Crippen LogP contribution in [0, 0.1) is 6.92 Å². The Hall–Kier alpha value is -4.98. The van der Waals surface area contributed by atoms with Gasteiger partial charge in [-0.25, -0.2) is 4.79 Å². The van der Waals surface area contributed by atoms with Crippen LogP contribution in [0.15, 0.2) is 125 Å². The summed E-state index contributed by atoms with van der Waals surface area (Å²) in [5.41, 5.74) is 4.94. The van der Waals surface area contributed by atoms with E-state index in [1.165, 1.54) is 0 Å². The summed E-state index contributed by atoms with van der Waals surface area (Å²) < 4.78 is 2.17. The Balaban J connectivity index is 1.35. The molecule has 0 N–H and O–H groups in total. The van der Waals surface area contributed by atoms with Gasteiger partial charge in [0.15, 0.2) is 5.78 Å². The fourth-order valence-electron chi connectivity index (χ4n) is 5.60. The van der Waals surface area contributed by atoms with Crippen LogP contribution in [0.1, 0.15) is 55.5 Å². The van der Waals surface area contributed by atoms with E-state index in [1.807, 2.05) is 85.8 Å². The number of oxime groups is 1. The summed E-state index contributed by atoms with van der Waals surface area (Å²) in [4.78, 5) is 46.5. The third-order valence-corrected chi connectivity index (χ3v) is 9.29. The first-order valence-electron chi connectivity index (χ1n) is 15.3. The summed E-state index contributed by atoms with van der Waals surface area (Å²) >= 11 is 7.58. The van der Waals surface area contributed by atoms with Crippen molar-refractivity contribution in [3.05, 3.63) is 148 Å². The molecular weight excluding hydrogens is 628 g/mol. The smallest absolute Gasteiger partial charge is 0.341 e. The molecule has 0 atom stereocenters. The van der Waals surface area contributed by atoms with E-state index in [-0.39, 0.29) is 23.7 Å². The maximum absolute atomic E-state index is 14.0. The molecule has 0 aliphatic heterocycles. The molecule has 0 unspecified atom stereocenters. The lowest BCUT2D eigenvalue weighted by atomic mass is 9.97. The Bertz CT molecular complexity index is 2150. The first-order valence-corrected chi connectivity index (χ1v) is 16.6. The van der Waals surface area contributed by atoms with Crippen molar-refractivity contribution in [2.45, 2.75) is 31.7 Å². The summed E-state index contributed by atoms with van der Waals surface area (Å²) in [5.74, 6) is -0.512. The largest absolute Gasteiger partial charge is 0.365 e. The number of nitrogens with zero attached hydrogens (tertiary/aromatic N) is 2. The third kappa shape index (κ3) is 6.92. The monoisotopic (exact) mass is 658 g/mol. The Morgan fingerprint density at radius 2 is 1.40 bits per heavy atom. The van der Waals surface area contributed by atoms with Crippen LogP contribution in [0.4, 0.5) is 0 Å². The van der Waals surface area contributed by atoms with Gasteiger partial charge in [0.1, 0.15) is 5.71 Å². The second-order valence-electron chi connectivity index (χ2n) is 11.0. The van der Waals surface area contributed by atoms with Crippen molar-refractivity contribution in [2.24, 2.45) is 5.16 Å². The zero-order chi connectivity index (χ0) is 32.9. The molecule has 0 aliphatic rings. The highest BCUT2D eigenvalue weighted by Crippen LogP contribution is 2.32. The van der Waals surface area contributed by atoms with Gasteiger partial charge < -0.3 is 9.40 Å². The third-order valence-electron chi connectivity index (χ3n) is 8.03. The number of halogens is 1. The van der Waals surface area contributed by atoms with Gasteiger partial charge in [-0.3, -0.25) is 9.59 Å². The topological polar surface area (TPSA) is 77.7 Å². The van der Waals surface area contributed by atoms with Crippen LogP contribution in [0.3, 0.4) is 0 Å². The van der Waals surface area contributed by atoms with Crippen molar-refractivity contribution < 1.29 is 19.2 Å². The molecule has 1 heterocycles. The predicted octanol–water partition coefficient (Wildman–Crippen LogP) is 9.59. The molecule has 6 rings (SSSR count). The van der Waals surface area contributed by atoms with Crippen LogP contribution >= 0.6 is 23.4 Å². The van der Waals surface area contributed by atoms with E-state index in [1.54, 1.807) is 48.2 Å². The van der Waals surface area contributed by atoms with E-state index in [9.17, 15) is 14.4 Å². The van der Waals surface area contributed by atoms with Crippen molar-refractivity contribution in [3.63, 3.8) is 0 Å². The first kappa shape index (κ1) is 32.0. The Kier molecular flexibility index (Phi) is 9.66. The molecule has 1 aromatic heterocycles. The van der Waals surface area contributed by atoms with E-state index < -0.39 is 5.97 Å². The molecule has 8 heteroatoms.